The molecule has 0 radical (unpaired) electrons. The van der Waals surface area contributed by atoms with Crippen LogP contribution in [0.25, 0.3) is 0 Å². The molecule has 2 amide bonds. The third-order valence-electron chi connectivity index (χ3n) is 4.45. The molecule has 3 rings (SSSR count). The molecule has 1 aliphatic rings. The van der Waals surface area contributed by atoms with Crippen molar-refractivity contribution in [3.05, 3.63) is 64.0 Å². The molecule has 1 N–H and O–H groups in total. The summed E-state index contributed by atoms with van der Waals surface area (Å²) >= 11 is 0. The Morgan fingerprint density at radius 2 is 1.67 bits per heavy atom. The van der Waals surface area contributed by atoms with Crippen LogP contribution in [0.15, 0.2) is 35.2 Å². The van der Waals surface area contributed by atoms with Gasteiger partial charge in [0, 0.05) is 13.1 Å². The number of carbonyl (C=O) groups excluding carboxylic acids is 2. The molecular weight excluding hydrogens is 371 g/mol. The van der Waals surface area contributed by atoms with Crippen molar-refractivity contribution in [3.63, 3.8) is 0 Å². The van der Waals surface area contributed by atoms with Crippen molar-refractivity contribution < 1.29 is 22.4 Å². The van der Waals surface area contributed by atoms with Gasteiger partial charge in [0.15, 0.2) is 0 Å². The predicted molar refractivity (Wildman–Crippen MR) is 97.6 cm³/mol. The molecule has 0 aliphatic carbocycles. The first-order valence-electron chi connectivity index (χ1n) is 8.35. The van der Waals surface area contributed by atoms with Crippen LogP contribution in [0.4, 0.5) is 4.39 Å². The molecule has 8 heteroatoms. The first-order valence-corrected chi connectivity index (χ1v) is 9.84. The van der Waals surface area contributed by atoms with Crippen LogP contribution in [0.2, 0.25) is 0 Å². The first kappa shape index (κ1) is 19.2. The third-order valence-corrected chi connectivity index (χ3v) is 6.21. The van der Waals surface area contributed by atoms with E-state index in [0.29, 0.717) is 11.1 Å². The molecule has 0 saturated heterocycles. The molecule has 0 fully saturated rings. The summed E-state index contributed by atoms with van der Waals surface area (Å²) in [7, 11) is -3.81. The van der Waals surface area contributed by atoms with E-state index >= 15 is 0 Å². The summed E-state index contributed by atoms with van der Waals surface area (Å²) in [6, 6.07) is 7.39. The van der Waals surface area contributed by atoms with Gasteiger partial charge in [-0.1, -0.05) is 23.8 Å². The molecule has 0 bridgehead atoms. The number of imide groups is 1. The number of aryl methyl sites for hydroxylation is 3. The highest BCUT2D eigenvalue weighted by Crippen LogP contribution is 2.25. The number of amides is 2. The average Bonchev–Trinajstić information content (AvgIpc) is 2.79. The summed E-state index contributed by atoms with van der Waals surface area (Å²) in [5, 5.41) is 0. The number of halogens is 1. The molecule has 0 atom stereocenters. The Morgan fingerprint density at radius 3 is 2.26 bits per heavy atom. The van der Waals surface area contributed by atoms with E-state index in [1.807, 2.05) is 6.92 Å². The monoisotopic (exact) mass is 390 g/mol. The van der Waals surface area contributed by atoms with Crippen LogP contribution in [0, 0.1) is 26.6 Å². The van der Waals surface area contributed by atoms with Crippen LogP contribution in [-0.2, 0) is 10.0 Å². The van der Waals surface area contributed by atoms with E-state index in [-0.39, 0.29) is 29.1 Å². The van der Waals surface area contributed by atoms with Crippen LogP contribution in [-0.4, -0.2) is 38.2 Å². The number of benzene rings is 2. The Balaban J connectivity index is 1.75. The number of carbonyl (C=O) groups is 2. The second-order valence-corrected chi connectivity index (χ2v) is 8.25. The van der Waals surface area contributed by atoms with Gasteiger partial charge in [-0.15, -0.1) is 0 Å². The molecule has 2 aromatic rings. The van der Waals surface area contributed by atoms with E-state index in [1.54, 1.807) is 26.0 Å². The van der Waals surface area contributed by atoms with E-state index < -0.39 is 27.7 Å². The highest BCUT2D eigenvalue weighted by atomic mass is 32.2. The molecule has 142 valence electrons. The zero-order valence-electron chi connectivity index (χ0n) is 15.2. The number of hydrogen-bond acceptors (Lipinski definition) is 4. The zero-order chi connectivity index (χ0) is 19.9. The van der Waals surface area contributed by atoms with Crippen molar-refractivity contribution in [2.24, 2.45) is 0 Å². The highest BCUT2D eigenvalue weighted by molar-refractivity contribution is 7.89. The number of sulfonamides is 1. The summed E-state index contributed by atoms with van der Waals surface area (Å²) in [4.78, 5) is 25.6. The van der Waals surface area contributed by atoms with Gasteiger partial charge in [-0.3, -0.25) is 14.5 Å². The molecule has 1 heterocycles. The van der Waals surface area contributed by atoms with Gasteiger partial charge in [0.2, 0.25) is 10.0 Å². The Hall–Kier alpha value is -2.58. The Bertz CT molecular complexity index is 1040. The molecular formula is C19H19FN2O4S. The van der Waals surface area contributed by atoms with Crippen LogP contribution >= 0.6 is 0 Å². The molecule has 2 aromatic carbocycles. The van der Waals surface area contributed by atoms with Gasteiger partial charge >= 0.3 is 0 Å². The molecule has 27 heavy (non-hydrogen) atoms. The Labute approximate surface area is 157 Å². The fraction of sp³-hybridized carbons (Fsp3) is 0.263. The van der Waals surface area contributed by atoms with E-state index in [2.05, 4.69) is 4.72 Å². The zero-order valence-corrected chi connectivity index (χ0v) is 16.0. The maximum absolute atomic E-state index is 13.8. The Morgan fingerprint density at radius 1 is 1.04 bits per heavy atom. The lowest BCUT2D eigenvalue weighted by atomic mass is 10.1. The van der Waals surface area contributed by atoms with E-state index in [0.717, 1.165) is 16.5 Å². The third kappa shape index (κ3) is 3.38. The van der Waals surface area contributed by atoms with Crippen molar-refractivity contribution in [3.8, 4) is 0 Å². The van der Waals surface area contributed by atoms with Crippen molar-refractivity contribution in [2.75, 3.05) is 13.1 Å². The largest absolute Gasteiger partial charge is 0.273 e. The first-order chi connectivity index (χ1) is 12.6. The van der Waals surface area contributed by atoms with Crippen LogP contribution in [0.5, 0.6) is 0 Å². The fourth-order valence-electron chi connectivity index (χ4n) is 3.45. The van der Waals surface area contributed by atoms with Gasteiger partial charge < -0.3 is 0 Å². The number of nitrogens with zero attached hydrogens (tertiary/aromatic N) is 1. The number of fused-ring (bicyclic) bond motifs is 1. The van der Waals surface area contributed by atoms with E-state index in [1.165, 1.54) is 12.1 Å². The lowest BCUT2D eigenvalue weighted by Crippen LogP contribution is -2.38. The van der Waals surface area contributed by atoms with Crippen LogP contribution in [0.1, 0.15) is 37.4 Å². The maximum Gasteiger partial charge on any atom is 0.264 e. The summed E-state index contributed by atoms with van der Waals surface area (Å²) in [5.74, 6) is -2.15. The molecule has 6 nitrogen and oxygen atoms in total. The predicted octanol–water partition coefficient (Wildman–Crippen LogP) is 2.33. The van der Waals surface area contributed by atoms with Crippen molar-refractivity contribution in [2.45, 2.75) is 25.7 Å². The normalized spacial score (nSPS) is 14.0. The van der Waals surface area contributed by atoms with Crippen molar-refractivity contribution in [1.29, 1.82) is 0 Å². The SMILES string of the molecule is Cc1cc(C)c(S(=O)(=O)NCCN2C(=O)c3cccc(F)c3C2=O)c(C)c1. The summed E-state index contributed by atoms with van der Waals surface area (Å²) in [6.07, 6.45) is 0. The van der Waals surface area contributed by atoms with Gasteiger partial charge in [-0.25, -0.2) is 17.5 Å². The minimum atomic E-state index is -3.81. The summed E-state index contributed by atoms with van der Waals surface area (Å²) in [6.45, 7) is 4.95. The lowest BCUT2D eigenvalue weighted by Gasteiger charge is -2.16. The number of hydrogen-bond donors (Lipinski definition) is 1. The topological polar surface area (TPSA) is 83.6 Å². The van der Waals surface area contributed by atoms with Crippen LogP contribution < -0.4 is 4.72 Å². The maximum atomic E-state index is 13.8. The minimum absolute atomic E-state index is 0.00641. The smallest absolute Gasteiger partial charge is 0.264 e. The summed E-state index contributed by atoms with van der Waals surface area (Å²) < 4.78 is 41.5. The van der Waals surface area contributed by atoms with Gasteiger partial charge in [0.1, 0.15) is 5.82 Å². The lowest BCUT2D eigenvalue weighted by molar-refractivity contribution is 0.0656. The van der Waals surface area contributed by atoms with E-state index in [4.69, 9.17) is 0 Å². The van der Waals surface area contributed by atoms with Crippen molar-refractivity contribution in [1.82, 2.24) is 9.62 Å². The van der Waals surface area contributed by atoms with Crippen LogP contribution in [0.3, 0.4) is 0 Å². The van der Waals surface area contributed by atoms with Gasteiger partial charge in [-0.05, 0) is 44.0 Å². The van der Waals surface area contributed by atoms with Gasteiger partial charge in [0.25, 0.3) is 11.8 Å². The van der Waals surface area contributed by atoms with Crippen molar-refractivity contribution >= 4 is 21.8 Å². The number of nitrogens with one attached hydrogen (secondary N) is 1. The molecule has 1 aliphatic heterocycles. The quantitative estimate of drug-likeness (QED) is 0.795. The fourth-order valence-corrected chi connectivity index (χ4v) is 4.92. The molecule has 0 spiro atoms. The van der Waals surface area contributed by atoms with Gasteiger partial charge in [0.05, 0.1) is 16.0 Å². The van der Waals surface area contributed by atoms with Gasteiger partial charge in [-0.2, -0.15) is 0 Å². The molecule has 0 saturated carbocycles. The second kappa shape index (κ2) is 6.86. The minimum Gasteiger partial charge on any atom is -0.273 e. The number of rotatable bonds is 5. The molecule has 0 aromatic heterocycles. The summed E-state index contributed by atoms with van der Waals surface area (Å²) in [5.41, 5.74) is 1.91. The van der Waals surface area contributed by atoms with E-state index in [9.17, 15) is 22.4 Å². The highest BCUT2D eigenvalue weighted by Gasteiger charge is 2.37. The molecule has 0 unspecified atom stereocenters. The average molecular weight is 390 g/mol. The Kier molecular flexibility index (Phi) is 4.88. The standard InChI is InChI=1S/C19H19FN2O4S/c1-11-9-12(2)17(13(3)10-11)27(25,26)21-7-8-22-18(23)14-5-4-6-15(20)16(14)19(22)24/h4-6,9-10,21H,7-8H2,1-3H3. The second-order valence-electron chi connectivity index (χ2n) is 6.55.